The Labute approximate surface area is 106 Å². The smallest absolute Gasteiger partial charge is 0.339 e. The van der Waals surface area contributed by atoms with E-state index in [1.807, 2.05) is 0 Å². The Morgan fingerprint density at radius 1 is 1.33 bits per heavy atom. The van der Waals surface area contributed by atoms with Crippen LogP contribution in [0.1, 0.15) is 54.6 Å². The van der Waals surface area contributed by atoms with Gasteiger partial charge < -0.3 is 14.6 Å². The molecule has 0 amide bonds. The minimum Gasteiger partial charge on any atom is -0.478 e. The van der Waals surface area contributed by atoms with E-state index in [1.54, 1.807) is 0 Å². The molecule has 98 valence electrons. The Balaban J connectivity index is 1.88. The van der Waals surface area contributed by atoms with E-state index in [0.29, 0.717) is 18.8 Å². The number of rotatable bonds is 3. The van der Waals surface area contributed by atoms with Gasteiger partial charge in [-0.15, -0.1) is 0 Å². The van der Waals surface area contributed by atoms with Crippen molar-refractivity contribution in [2.45, 2.75) is 44.1 Å². The summed E-state index contributed by atoms with van der Waals surface area (Å²) in [7, 11) is 0. The Hall–Kier alpha value is -1.29. The molecule has 0 spiro atoms. The van der Waals surface area contributed by atoms with Crippen LogP contribution in [0.5, 0.6) is 0 Å². The fraction of sp³-hybridized carbons (Fsp3) is 0.643. The van der Waals surface area contributed by atoms with E-state index in [2.05, 4.69) is 0 Å². The van der Waals surface area contributed by atoms with Crippen LogP contribution in [0.15, 0.2) is 16.7 Å². The largest absolute Gasteiger partial charge is 0.478 e. The molecule has 2 aliphatic carbocycles. The quantitative estimate of drug-likeness (QED) is 0.865. The lowest BCUT2D eigenvalue weighted by atomic mass is 9.74. The van der Waals surface area contributed by atoms with Gasteiger partial charge in [0.25, 0.3) is 0 Å². The van der Waals surface area contributed by atoms with E-state index >= 15 is 0 Å². The van der Waals surface area contributed by atoms with Crippen molar-refractivity contribution in [3.05, 3.63) is 23.7 Å². The SMILES string of the molecule is O=C(O)c1ccoc1C1(O)CCCC(C2CC2)C1. The van der Waals surface area contributed by atoms with Gasteiger partial charge in [0.15, 0.2) is 0 Å². The highest BCUT2D eigenvalue weighted by molar-refractivity contribution is 5.89. The highest BCUT2D eigenvalue weighted by atomic mass is 16.4. The molecule has 2 fully saturated rings. The average molecular weight is 250 g/mol. The molecule has 2 saturated carbocycles. The van der Waals surface area contributed by atoms with Crippen molar-refractivity contribution >= 4 is 5.97 Å². The second-order valence-electron chi connectivity index (χ2n) is 5.69. The summed E-state index contributed by atoms with van der Waals surface area (Å²) in [6.07, 6.45) is 7.20. The molecule has 2 N–H and O–H groups in total. The maximum Gasteiger partial charge on any atom is 0.339 e. The fourth-order valence-corrected chi connectivity index (χ4v) is 3.31. The number of aromatic carboxylic acids is 1. The number of carbonyl (C=O) groups is 1. The zero-order chi connectivity index (χ0) is 12.8. The first-order valence-electron chi connectivity index (χ1n) is 6.64. The molecule has 1 aromatic rings. The number of carboxylic acid groups (broad SMARTS) is 1. The molecule has 0 aliphatic heterocycles. The molecular weight excluding hydrogens is 232 g/mol. The first-order valence-corrected chi connectivity index (χ1v) is 6.64. The normalized spacial score (nSPS) is 32.4. The maximum absolute atomic E-state index is 11.1. The summed E-state index contributed by atoms with van der Waals surface area (Å²) in [6, 6.07) is 1.43. The fourth-order valence-electron chi connectivity index (χ4n) is 3.31. The van der Waals surface area contributed by atoms with Crippen LogP contribution in [0.3, 0.4) is 0 Å². The van der Waals surface area contributed by atoms with Crippen molar-refractivity contribution < 1.29 is 19.4 Å². The molecule has 3 rings (SSSR count). The van der Waals surface area contributed by atoms with E-state index in [9.17, 15) is 9.90 Å². The second kappa shape index (κ2) is 4.12. The van der Waals surface area contributed by atoms with Crippen molar-refractivity contribution in [2.24, 2.45) is 11.8 Å². The molecule has 2 unspecified atom stereocenters. The zero-order valence-corrected chi connectivity index (χ0v) is 10.3. The monoisotopic (exact) mass is 250 g/mol. The molecule has 0 saturated heterocycles. The summed E-state index contributed by atoms with van der Waals surface area (Å²) in [5.74, 6) is 0.483. The number of furan rings is 1. The van der Waals surface area contributed by atoms with Gasteiger partial charge in [-0.05, 0) is 56.4 Å². The standard InChI is InChI=1S/C14H18O4/c15-13(16)11-5-7-18-12(11)14(17)6-1-2-10(8-14)9-3-4-9/h5,7,9-10,17H,1-4,6,8H2,(H,15,16). The Morgan fingerprint density at radius 2 is 2.11 bits per heavy atom. The zero-order valence-electron chi connectivity index (χ0n) is 10.3. The lowest BCUT2D eigenvalue weighted by molar-refractivity contribution is -0.0430. The molecule has 0 aromatic carbocycles. The first kappa shape index (κ1) is 11.8. The number of aliphatic hydroxyl groups is 1. The lowest BCUT2D eigenvalue weighted by Gasteiger charge is -2.35. The van der Waals surface area contributed by atoms with Crippen molar-refractivity contribution in [3.63, 3.8) is 0 Å². The highest BCUT2D eigenvalue weighted by Gasteiger charge is 2.45. The molecule has 4 nitrogen and oxygen atoms in total. The molecule has 0 bridgehead atoms. The van der Waals surface area contributed by atoms with E-state index < -0.39 is 11.6 Å². The summed E-state index contributed by atoms with van der Waals surface area (Å²) in [5, 5.41) is 19.9. The topological polar surface area (TPSA) is 70.7 Å². The molecule has 18 heavy (non-hydrogen) atoms. The molecule has 1 aromatic heterocycles. The van der Waals surface area contributed by atoms with Gasteiger partial charge in [-0.3, -0.25) is 0 Å². The Bertz CT molecular complexity index is 460. The van der Waals surface area contributed by atoms with Crippen molar-refractivity contribution in [1.82, 2.24) is 0 Å². The van der Waals surface area contributed by atoms with Crippen LogP contribution in [-0.2, 0) is 5.60 Å². The Morgan fingerprint density at radius 3 is 2.78 bits per heavy atom. The summed E-state index contributed by atoms with van der Waals surface area (Å²) in [6.45, 7) is 0. The van der Waals surface area contributed by atoms with Gasteiger partial charge in [0.2, 0.25) is 0 Å². The van der Waals surface area contributed by atoms with Gasteiger partial charge >= 0.3 is 5.97 Å². The van der Waals surface area contributed by atoms with Gasteiger partial charge in [0.1, 0.15) is 16.9 Å². The van der Waals surface area contributed by atoms with E-state index in [1.165, 1.54) is 25.2 Å². The van der Waals surface area contributed by atoms with Gasteiger partial charge in [-0.25, -0.2) is 4.79 Å². The predicted molar refractivity (Wildman–Crippen MR) is 64.2 cm³/mol. The van der Waals surface area contributed by atoms with E-state index in [-0.39, 0.29) is 11.3 Å². The molecule has 2 aliphatic rings. The van der Waals surface area contributed by atoms with Crippen LogP contribution < -0.4 is 0 Å². The second-order valence-corrected chi connectivity index (χ2v) is 5.69. The third-order valence-electron chi connectivity index (χ3n) is 4.37. The van der Waals surface area contributed by atoms with Crippen LogP contribution in [0.2, 0.25) is 0 Å². The Kier molecular flexibility index (Phi) is 2.70. The van der Waals surface area contributed by atoms with Gasteiger partial charge in [0.05, 0.1) is 6.26 Å². The molecular formula is C14H18O4. The molecule has 2 atom stereocenters. The summed E-state index contributed by atoms with van der Waals surface area (Å²) in [5.41, 5.74) is -0.975. The number of carboxylic acids is 1. The van der Waals surface area contributed by atoms with Crippen molar-refractivity contribution in [1.29, 1.82) is 0 Å². The molecule has 0 radical (unpaired) electrons. The predicted octanol–water partition coefficient (Wildman–Crippen LogP) is 2.77. The third-order valence-corrected chi connectivity index (χ3v) is 4.37. The van der Waals surface area contributed by atoms with Gasteiger partial charge in [0, 0.05) is 0 Å². The summed E-state index contributed by atoms with van der Waals surface area (Å²) >= 11 is 0. The van der Waals surface area contributed by atoms with Crippen LogP contribution in [0.4, 0.5) is 0 Å². The first-order chi connectivity index (χ1) is 8.60. The van der Waals surface area contributed by atoms with Crippen LogP contribution >= 0.6 is 0 Å². The van der Waals surface area contributed by atoms with Crippen molar-refractivity contribution in [2.75, 3.05) is 0 Å². The van der Waals surface area contributed by atoms with Crippen LogP contribution in [0, 0.1) is 11.8 Å². The maximum atomic E-state index is 11.1. The van der Waals surface area contributed by atoms with Crippen LogP contribution in [-0.4, -0.2) is 16.2 Å². The van der Waals surface area contributed by atoms with Gasteiger partial charge in [-0.2, -0.15) is 0 Å². The molecule has 1 heterocycles. The summed E-state index contributed by atoms with van der Waals surface area (Å²) < 4.78 is 5.29. The minimum atomic E-state index is -1.08. The van der Waals surface area contributed by atoms with Crippen LogP contribution in [0.25, 0.3) is 0 Å². The van der Waals surface area contributed by atoms with Gasteiger partial charge in [-0.1, -0.05) is 0 Å². The lowest BCUT2D eigenvalue weighted by Crippen LogP contribution is -2.34. The van der Waals surface area contributed by atoms with Crippen molar-refractivity contribution in [3.8, 4) is 0 Å². The summed E-state index contributed by atoms with van der Waals surface area (Å²) in [4.78, 5) is 11.1. The van der Waals surface area contributed by atoms with E-state index in [4.69, 9.17) is 9.52 Å². The third kappa shape index (κ3) is 1.94. The number of hydrogen-bond acceptors (Lipinski definition) is 3. The highest BCUT2D eigenvalue weighted by Crippen LogP contribution is 2.50. The number of hydrogen-bond donors (Lipinski definition) is 2. The van der Waals surface area contributed by atoms with E-state index in [0.717, 1.165) is 18.8 Å². The molecule has 4 heteroatoms. The minimum absolute atomic E-state index is 0.106. The average Bonchev–Trinajstić information content (AvgIpc) is 3.05.